The number of hydrogen-bond donors (Lipinski definition) is 2. The molecular weight excluding hydrogens is 248 g/mol. The lowest BCUT2D eigenvalue weighted by molar-refractivity contribution is 0.144. The van der Waals surface area contributed by atoms with Gasteiger partial charge in [0.25, 0.3) is 0 Å². The molecule has 0 aromatic heterocycles. The quantitative estimate of drug-likeness (QED) is 0.838. The number of nitrogens with zero attached hydrogens (tertiary/aromatic N) is 1. The highest BCUT2D eigenvalue weighted by molar-refractivity contribution is 5.27. The van der Waals surface area contributed by atoms with Crippen molar-refractivity contribution in [2.75, 3.05) is 19.6 Å². The third-order valence-corrected chi connectivity index (χ3v) is 4.28. The molecule has 3 heteroatoms. The Morgan fingerprint density at radius 3 is 3.05 bits per heavy atom. The molecule has 0 saturated carbocycles. The Hall–Kier alpha value is -1.06. The van der Waals surface area contributed by atoms with Gasteiger partial charge in [-0.3, -0.25) is 4.90 Å². The fourth-order valence-electron chi connectivity index (χ4n) is 3.09. The third-order valence-electron chi connectivity index (χ3n) is 4.28. The predicted molar refractivity (Wildman–Crippen MR) is 83.9 cm³/mol. The average molecular weight is 276 g/mol. The van der Waals surface area contributed by atoms with Gasteiger partial charge in [-0.2, -0.15) is 0 Å². The van der Waals surface area contributed by atoms with Crippen molar-refractivity contribution in [2.45, 2.75) is 45.7 Å². The third kappa shape index (κ3) is 4.50. The standard InChI is InChI=1S/C17H28N2O/c1-3-9-18-14(2)16-7-5-10-19(13-16)12-15-6-4-8-17(20)11-15/h4,6,8,11,14,16,18,20H,3,5,7,9-10,12-13H2,1-2H3. The lowest BCUT2D eigenvalue weighted by Gasteiger charge is -2.36. The van der Waals surface area contributed by atoms with Crippen LogP contribution in [0.3, 0.4) is 0 Å². The monoisotopic (exact) mass is 276 g/mol. The zero-order chi connectivity index (χ0) is 14.4. The highest BCUT2D eigenvalue weighted by Gasteiger charge is 2.24. The van der Waals surface area contributed by atoms with E-state index in [2.05, 4.69) is 30.1 Å². The van der Waals surface area contributed by atoms with E-state index in [0.717, 1.165) is 25.6 Å². The molecule has 1 fully saturated rings. The zero-order valence-corrected chi connectivity index (χ0v) is 12.8. The SMILES string of the molecule is CCCNC(C)C1CCCN(Cc2cccc(O)c2)C1. The Morgan fingerprint density at radius 1 is 1.45 bits per heavy atom. The molecular formula is C17H28N2O. The summed E-state index contributed by atoms with van der Waals surface area (Å²) in [6.07, 6.45) is 3.81. The molecule has 2 rings (SSSR count). The van der Waals surface area contributed by atoms with Crippen LogP contribution in [0, 0.1) is 5.92 Å². The van der Waals surface area contributed by atoms with Gasteiger partial charge in [-0.05, 0) is 62.9 Å². The minimum absolute atomic E-state index is 0.369. The second-order valence-corrected chi connectivity index (χ2v) is 6.05. The van der Waals surface area contributed by atoms with Crippen molar-refractivity contribution in [3.8, 4) is 5.75 Å². The first kappa shape index (κ1) is 15.3. The molecule has 3 nitrogen and oxygen atoms in total. The van der Waals surface area contributed by atoms with Crippen LogP contribution in [0.2, 0.25) is 0 Å². The highest BCUT2D eigenvalue weighted by Crippen LogP contribution is 2.22. The highest BCUT2D eigenvalue weighted by atomic mass is 16.3. The summed E-state index contributed by atoms with van der Waals surface area (Å²) in [5, 5.41) is 13.2. The molecule has 20 heavy (non-hydrogen) atoms. The van der Waals surface area contributed by atoms with E-state index in [-0.39, 0.29) is 0 Å². The fourth-order valence-corrected chi connectivity index (χ4v) is 3.09. The van der Waals surface area contributed by atoms with Crippen molar-refractivity contribution in [1.82, 2.24) is 10.2 Å². The van der Waals surface area contributed by atoms with E-state index >= 15 is 0 Å². The number of benzene rings is 1. The largest absolute Gasteiger partial charge is 0.508 e. The van der Waals surface area contributed by atoms with Crippen LogP contribution in [0.15, 0.2) is 24.3 Å². The number of phenolic OH excluding ortho intramolecular Hbond substituents is 1. The van der Waals surface area contributed by atoms with Gasteiger partial charge < -0.3 is 10.4 Å². The average Bonchev–Trinajstić information content (AvgIpc) is 2.45. The number of piperidine rings is 1. The first-order valence-corrected chi connectivity index (χ1v) is 7.92. The second-order valence-electron chi connectivity index (χ2n) is 6.05. The van der Waals surface area contributed by atoms with Gasteiger partial charge in [-0.1, -0.05) is 19.1 Å². The molecule has 0 radical (unpaired) electrons. The maximum atomic E-state index is 9.55. The molecule has 1 aliphatic heterocycles. The lowest BCUT2D eigenvalue weighted by Crippen LogP contribution is -2.44. The summed E-state index contributed by atoms with van der Waals surface area (Å²) in [7, 11) is 0. The summed E-state index contributed by atoms with van der Waals surface area (Å²) in [5.74, 6) is 1.11. The van der Waals surface area contributed by atoms with Crippen molar-refractivity contribution in [2.24, 2.45) is 5.92 Å². The van der Waals surface area contributed by atoms with Gasteiger partial charge in [0, 0.05) is 19.1 Å². The minimum atomic E-state index is 0.369. The summed E-state index contributed by atoms with van der Waals surface area (Å²) in [6.45, 7) is 8.93. The number of phenols is 1. The smallest absolute Gasteiger partial charge is 0.115 e. The van der Waals surface area contributed by atoms with Crippen LogP contribution in [0.25, 0.3) is 0 Å². The Balaban J connectivity index is 1.87. The Kier molecular flexibility index (Phi) is 5.86. The molecule has 1 heterocycles. The van der Waals surface area contributed by atoms with E-state index in [4.69, 9.17) is 0 Å². The summed E-state index contributed by atoms with van der Waals surface area (Å²) >= 11 is 0. The van der Waals surface area contributed by atoms with Crippen molar-refractivity contribution >= 4 is 0 Å². The summed E-state index contributed by atoms with van der Waals surface area (Å²) in [6, 6.07) is 8.24. The van der Waals surface area contributed by atoms with Crippen LogP contribution in [-0.4, -0.2) is 35.7 Å². The normalized spacial score (nSPS) is 21.8. The van der Waals surface area contributed by atoms with Crippen LogP contribution in [0.4, 0.5) is 0 Å². The van der Waals surface area contributed by atoms with Crippen molar-refractivity contribution in [3.63, 3.8) is 0 Å². The molecule has 2 unspecified atom stereocenters. The number of nitrogens with one attached hydrogen (secondary N) is 1. The first-order chi connectivity index (χ1) is 9.69. The molecule has 1 aliphatic rings. The molecule has 1 aromatic carbocycles. The van der Waals surface area contributed by atoms with Crippen LogP contribution < -0.4 is 5.32 Å². The zero-order valence-electron chi connectivity index (χ0n) is 12.8. The summed E-state index contributed by atoms with van der Waals surface area (Å²) in [5.41, 5.74) is 1.21. The molecule has 2 N–H and O–H groups in total. The molecule has 1 aromatic rings. The van der Waals surface area contributed by atoms with E-state index in [0.29, 0.717) is 11.8 Å². The lowest BCUT2D eigenvalue weighted by atomic mass is 9.91. The fraction of sp³-hybridized carbons (Fsp3) is 0.647. The van der Waals surface area contributed by atoms with Crippen LogP contribution in [0.1, 0.15) is 38.7 Å². The molecule has 112 valence electrons. The summed E-state index contributed by atoms with van der Waals surface area (Å²) < 4.78 is 0. The van der Waals surface area contributed by atoms with E-state index in [1.165, 1.54) is 31.4 Å². The van der Waals surface area contributed by atoms with Crippen molar-refractivity contribution in [1.29, 1.82) is 0 Å². The maximum Gasteiger partial charge on any atom is 0.115 e. The Bertz CT molecular complexity index is 408. The summed E-state index contributed by atoms with van der Waals surface area (Å²) in [4.78, 5) is 2.52. The van der Waals surface area contributed by atoms with Crippen molar-refractivity contribution < 1.29 is 5.11 Å². The molecule has 0 aliphatic carbocycles. The predicted octanol–water partition coefficient (Wildman–Crippen LogP) is 2.99. The van der Waals surface area contributed by atoms with Gasteiger partial charge in [-0.25, -0.2) is 0 Å². The van der Waals surface area contributed by atoms with Crippen LogP contribution in [-0.2, 0) is 6.54 Å². The van der Waals surface area contributed by atoms with E-state index in [9.17, 15) is 5.11 Å². The molecule has 0 bridgehead atoms. The van der Waals surface area contributed by atoms with Gasteiger partial charge >= 0.3 is 0 Å². The Morgan fingerprint density at radius 2 is 2.30 bits per heavy atom. The minimum Gasteiger partial charge on any atom is -0.508 e. The van der Waals surface area contributed by atoms with Gasteiger partial charge in [0.2, 0.25) is 0 Å². The number of hydrogen-bond acceptors (Lipinski definition) is 3. The topological polar surface area (TPSA) is 35.5 Å². The van der Waals surface area contributed by atoms with E-state index in [1.807, 2.05) is 12.1 Å². The first-order valence-electron chi connectivity index (χ1n) is 7.92. The van der Waals surface area contributed by atoms with Gasteiger partial charge in [0.1, 0.15) is 5.75 Å². The number of aromatic hydroxyl groups is 1. The van der Waals surface area contributed by atoms with Crippen LogP contribution in [0.5, 0.6) is 5.75 Å². The van der Waals surface area contributed by atoms with Gasteiger partial charge in [-0.15, -0.1) is 0 Å². The number of likely N-dealkylation sites (tertiary alicyclic amines) is 1. The Labute approximate surface area is 123 Å². The van der Waals surface area contributed by atoms with Crippen molar-refractivity contribution in [3.05, 3.63) is 29.8 Å². The number of rotatable bonds is 6. The van der Waals surface area contributed by atoms with Gasteiger partial charge in [0.15, 0.2) is 0 Å². The molecule has 0 spiro atoms. The molecule has 1 saturated heterocycles. The van der Waals surface area contributed by atoms with Gasteiger partial charge in [0.05, 0.1) is 0 Å². The second kappa shape index (κ2) is 7.65. The maximum absolute atomic E-state index is 9.55. The van der Waals surface area contributed by atoms with Crippen LogP contribution >= 0.6 is 0 Å². The van der Waals surface area contributed by atoms with E-state index < -0.39 is 0 Å². The molecule has 2 atom stereocenters. The molecule has 0 amide bonds. The van der Waals surface area contributed by atoms with E-state index in [1.54, 1.807) is 6.07 Å².